The van der Waals surface area contributed by atoms with Gasteiger partial charge in [-0.2, -0.15) is 13.2 Å². The van der Waals surface area contributed by atoms with E-state index < -0.39 is 64.5 Å². The summed E-state index contributed by atoms with van der Waals surface area (Å²) in [4.78, 5) is 39.4. The minimum atomic E-state index is -4.80. The molecule has 3 amide bonds. The van der Waals surface area contributed by atoms with Gasteiger partial charge in [-0.1, -0.05) is 0 Å². The molecule has 0 saturated carbocycles. The first kappa shape index (κ1) is 32.4. The monoisotopic (exact) mass is 620 g/mol. The maximum absolute atomic E-state index is 14.8. The lowest BCUT2D eigenvalue weighted by Gasteiger charge is -2.24. The molecule has 2 N–H and O–H groups in total. The molecule has 3 aromatic rings. The number of likely N-dealkylation sites (tertiary alicyclic amines) is 1. The van der Waals surface area contributed by atoms with Gasteiger partial charge in [-0.25, -0.2) is 18.5 Å². The number of anilines is 1. The molecular weight excluding hydrogens is 591 g/mol. The number of aliphatic hydroxyl groups is 1. The minimum absolute atomic E-state index is 0.00298. The van der Waals surface area contributed by atoms with Crippen LogP contribution in [0.2, 0.25) is 0 Å². The summed E-state index contributed by atoms with van der Waals surface area (Å²) < 4.78 is 79.8. The summed E-state index contributed by atoms with van der Waals surface area (Å²) in [5.41, 5.74) is -2.73. The number of hydrogen-bond acceptors (Lipinski definition) is 6. The number of aliphatic hydroxyl groups excluding tert-OH is 1. The molecule has 0 spiro atoms. The second-order valence-electron chi connectivity index (χ2n) is 11.2. The fourth-order valence-electron chi connectivity index (χ4n) is 4.58. The van der Waals surface area contributed by atoms with Gasteiger partial charge >= 0.3 is 12.3 Å². The number of benzene rings is 3. The normalized spacial score (nSPS) is 16.1. The Labute approximate surface area is 249 Å². The Morgan fingerprint density at radius 1 is 1.00 bits per heavy atom. The number of nitrogens with one attached hydrogen (secondary N) is 1. The Balaban J connectivity index is 1.60. The molecule has 1 aliphatic rings. The van der Waals surface area contributed by atoms with E-state index in [0.29, 0.717) is 11.6 Å². The van der Waals surface area contributed by atoms with E-state index in [9.17, 15) is 41.4 Å². The van der Waals surface area contributed by atoms with E-state index in [-0.39, 0.29) is 35.7 Å². The van der Waals surface area contributed by atoms with Crippen LogP contribution in [0.5, 0.6) is 11.5 Å². The maximum Gasteiger partial charge on any atom is 0.417 e. The number of halogens is 5. The van der Waals surface area contributed by atoms with Gasteiger partial charge < -0.3 is 19.9 Å². The lowest BCUT2D eigenvalue weighted by atomic mass is 9.93. The van der Waals surface area contributed by atoms with Crippen molar-refractivity contribution in [2.45, 2.75) is 52.0 Å². The van der Waals surface area contributed by atoms with E-state index in [1.165, 1.54) is 13.0 Å². The van der Waals surface area contributed by atoms with Gasteiger partial charge in [0.1, 0.15) is 28.7 Å². The Bertz CT molecular complexity index is 1600. The standard InChI is InChI=1S/C31H29F5N2O6/c1-16-13-18(32)6-10-24(16)43-25-9-5-17(31(34,35)36)14-22(25)27(40)37-19-7-8-23(33)21(15-19)26(39)20-11-12-38(28(20)41)29(42)44-30(2,3)4/h5-10,13-15,20,26,39H,11-12H2,1-4H3,(H,37,40). The van der Waals surface area contributed by atoms with Crippen molar-refractivity contribution in [1.29, 1.82) is 0 Å². The lowest BCUT2D eigenvalue weighted by Crippen LogP contribution is -2.39. The van der Waals surface area contributed by atoms with Crippen LogP contribution in [0.25, 0.3) is 0 Å². The van der Waals surface area contributed by atoms with Crippen molar-refractivity contribution in [3.63, 3.8) is 0 Å². The third-order valence-corrected chi connectivity index (χ3v) is 6.72. The van der Waals surface area contributed by atoms with Gasteiger partial charge in [0.2, 0.25) is 5.91 Å². The SMILES string of the molecule is Cc1cc(F)ccc1Oc1ccc(C(F)(F)F)cc1C(=O)Nc1ccc(F)c(C(O)C2CCN(C(=O)OC(C)(C)C)C2=O)c1. The summed E-state index contributed by atoms with van der Waals surface area (Å²) in [5.74, 6) is -4.71. The highest BCUT2D eigenvalue weighted by Crippen LogP contribution is 2.37. The Hall–Kier alpha value is -4.52. The van der Waals surface area contributed by atoms with Gasteiger partial charge in [0, 0.05) is 17.8 Å². The van der Waals surface area contributed by atoms with E-state index in [1.807, 2.05) is 0 Å². The van der Waals surface area contributed by atoms with Crippen molar-refractivity contribution in [2.75, 3.05) is 11.9 Å². The van der Waals surface area contributed by atoms with E-state index in [2.05, 4.69) is 5.32 Å². The van der Waals surface area contributed by atoms with Gasteiger partial charge in [0.05, 0.1) is 23.1 Å². The molecule has 234 valence electrons. The lowest BCUT2D eigenvalue weighted by molar-refractivity contribution is -0.137. The van der Waals surface area contributed by atoms with Gasteiger partial charge in [0.15, 0.2) is 0 Å². The third kappa shape index (κ3) is 7.33. The number of imide groups is 1. The zero-order valence-electron chi connectivity index (χ0n) is 24.1. The second-order valence-corrected chi connectivity index (χ2v) is 11.2. The molecule has 1 saturated heterocycles. The molecule has 0 aliphatic carbocycles. The average Bonchev–Trinajstić information content (AvgIpc) is 3.30. The maximum atomic E-state index is 14.8. The summed E-state index contributed by atoms with van der Waals surface area (Å²) in [7, 11) is 0. The Morgan fingerprint density at radius 2 is 1.68 bits per heavy atom. The van der Waals surface area contributed by atoms with Crippen molar-refractivity contribution in [3.05, 3.63) is 88.5 Å². The minimum Gasteiger partial charge on any atom is -0.456 e. The van der Waals surface area contributed by atoms with Crippen molar-refractivity contribution in [1.82, 2.24) is 4.90 Å². The van der Waals surface area contributed by atoms with Crippen LogP contribution in [0.15, 0.2) is 54.6 Å². The van der Waals surface area contributed by atoms with E-state index in [1.54, 1.807) is 20.8 Å². The van der Waals surface area contributed by atoms with Crippen LogP contribution >= 0.6 is 0 Å². The molecule has 1 fully saturated rings. The van der Waals surface area contributed by atoms with Crippen molar-refractivity contribution < 1.29 is 50.9 Å². The summed E-state index contributed by atoms with van der Waals surface area (Å²) >= 11 is 0. The highest BCUT2D eigenvalue weighted by atomic mass is 19.4. The largest absolute Gasteiger partial charge is 0.456 e. The van der Waals surface area contributed by atoms with Crippen LogP contribution in [-0.4, -0.2) is 40.1 Å². The molecule has 0 radical (unpaired) electrons. The topological polar surface area (TPSA) is 105 Å². The van der Waals surface area contributed by atoms with Crippen LogP contribution in [0, 0.1) is 24.5 Å². The summed E-state index contributed by atoms with van der Waals surface area (Å²) in [6, 6.07) is 8.79. The van der Waals surface area contributed by atoms with Crippen molar-refractivity contribution >= 4 is 23.6 Å². The first-order valence-electron chi connectivity index (χ1n) is 13.4. The van der Waals surface area contributed by atoms with Gasteiger partial charge in [0.25, 0.3) is 5.91 Å². The molecule has 0 aromatic heterocycles. The third-order valence-electron chi connectivity index (χ3n) is 6.72. The zero-order chi connectivity index (χ0) is 32.6. The van der Waals surface area contributed by atoms with E-state index >= 15 is 0 Å². The highest BCUT2D eigenvalue weighted by molar-refractivity contribution is 6.06. The molecule has 13 heteroatoms. The molecule has 44 heavy (non-hydrogen) atoms. The molecule has 1 aliphatic heterocycles. The number of aryl methyl sites for hydroxylation is 1. The molecule has 1 heterocycles. The highest BCUT2D eigenvalue weighted by Gasteiger charge is 2.42. The smallest absolute Gasteiger partial charge is 0.417 e. The number of alkyl halides is 3. The van der Waals surface area contributed by atoms with Crippen molar-refractivity contribution in [3.8, 4) is 11.5 Å². The number of carbonyl (C=O) groups is 3. The first-order chi connectivity index (χ1) is 20.4. The second kappa shape index (κ2) is 12.2. The number of nitrogens with zero attached hydrogens (tertiary/aromatic N) is 1. The van der Waals surface area contributed by atoms with Crippen LogP contribution in [-0.2, 0) is 15.7 Å². The van der Waals surface area contributed by atoms with Crippen LogP contribution in [0.3, 0.4) is 0 Å². The fourth-order valence-corrected chi connectivity index (χ4v) is 4.58. The Kier molecular flexibility index (Phi) is 9.00. The molecular formula is C31H29F5N2O6. The van der Waals surface area contributed by atoms with E-state index in [4.69, 9.17) is 9.47 Å². The fraction of sp³-hybridized carbons (Fsp3) is 0.323. The van der Waals surface area contributed by atoms with Gasteiger partial charge in [-0.15, -0.1) is 0 Å². The molecule has 8 nitrogen and oxygen atoms in total. The van der Waals surface area contributed by atoms with Gasteiger partial charge in [-0.05, 0) is 94.3 Å². The number of amides is 3. The zero-order valence-corrected chi connectivity index (χ0v) is 24.1. The van der Waals surface area contributed by atoms with E-state index in [0.717, 1.165) is 47.4 Å². The number of ether oxygens (including phenoxy) is 2. The molecule has 2 atom stereocenters. The average molecular weight is 621 g/mol. The molecule has 4 rings (SSSR count). The van der Waals surface area contributed by atoms with Crippen molar-refractivity contribution in [2.24, 2.45) is 5.92 Å². The Morgan fingerprint density at radius 3 is 2.32 bits per heavy atom. The van der Waals surface area contributed by atoms with Crippen LogP contribution < -0.4 is 10.1 Å². The number of rotatable bonds is 6. The van der Waals surface area contributed by atoms with Gasteiger partial charge in [-0.3, -0.25) is 9.59 Å². The molecule has 0 bridgehead atoms. The predicted octanol–water partition coefficient (Wildman–Crippen LogP) is 7.15. The number of hydrogen-bond donors (Lipinski definition) is 2. The van der Waals surface area contributed by atoms with Crippen LogP contribution in [0.1, 0.15) is 60.3 Å². The quantitative estimate of drug-likeness (QED) is 0.284. The molecule has 2 unspecified atom stereocenters. The summed E-state index contributed by atoms with van der Waals surface area (Å²) in [6.07, 6.45) is -7.43. The summed E-state index contributed by atoms with van der Waals surface area (Å²) in [5, 5.41) is 13.3. The molecule has 3 aromatic carbocycles. The predicted molar refractivity (Wildman–Crippen MR) is 148 cm³/mol. The van der Waals surface area contributed by atoms with Crippen LogP contribution in [0.4, 0.5) is 32.4 Å². The number of carbonyl (C=O) groups excluding carboxylic acids is 3. The summed E-state index contributed by atoms with van der Waals surface area (Å²) in [6.45, 7) is 6.29. The first-order valence-corrected chi connectivity index (χ1v) is 13.4.